The molecular weight excluding hydrogens is 396 g/mol. The van der Waals surface area contributed by atoms with E-state index in [-0.39, 0.29) is 37.1 Å². The minimum Gasteiger partial charge on any atom is -0.394 e. The van der Waals surface area contributed by atoms with Gasteiger partial charge in [-0.1, -0.05) is 6.07 Å². The molecule has 3 atom stereocenters. The number of ether oxygens (including phenoxy) is 1. The lowest BCUT2D eigenvalue weighted by molar-refractivity contribution is -0.131. The predicted octanol–water partition coefficient (Wildman–Crippen LogP) is 1.70. The van der Waals surface area contributed by atoms with E-state index in [1.54, 1.807) is 18.2 Å². The van der Waals surface area contributed by atoms with Crippen LogP contribution in [0.3, 0.4) is 0 Å². The molecule has 0 saturated carbocycles. The molecule has 0 aliphatic carbocycles. The molecule has 1 aliphatic rings. The molecule has 9 heteroatoms. The van der Waals surface area contributed by atoms with Gasteiger partial charge in [0.15, 0.2) is 0 Å². The monoisotopic (exact) mass is 419 g/mol. The highest BCUT2D eigenvalue weighted by molar-refractivity contribution is 5.92. The van der Waals surface area contributed by atoms with Gasteiger partial charge < -0.3 is 20.5 Å². The lowest BCUT2D eigenvalue weighted by Gasteiger charge is -2.35. The van der Waals surface area contributed by atoms with E-state index < -0.39 is 29.9 Å². The van der Waals surface area contributed by atoms with E-state index in [9.17, 15) is 23.5 Å². The fraction of sp³-hybridized carbons (Fsp3) is 0.381. The van der Waals surface area contributed by atoms with Gasteiger partial charge in [0.05, 0.1) is 25.2 Å². The van der Waals surface area contributed by atoms with Crippen LogP contribution in [-0.4, -0.2) is 46.8 Å². The summed E-state index contributed by atoms with van der Waals surface area (Å²) in [4.78, 5) is 28.4. The first kappa shape index (κ1) is 21.8. The molecule has 1 aromatic heterocycles. The fourth-order valence-electron chi connectivity index (χ4n) is 3.38. The number of carbonyl (C=O) groups is 2. The van der Waals surface area contributed by atoms with E-state index in [1.807, 2.05) is 0 Å². The number of aromatic nitrogens is 1. The first-order chi connectivity index (χ1) is 14.4. The van der Waals surface area contributed by atoms with Crippen molar-refractivity contribution in [2.24, 2.45) is 0 Å². The van der Waals surface area contributed by atoms with Crippen LogP contribution < -0.4 is 10.6 Å². The summed E-state index contributed by atoms with van der Waals surface area (Å²) >= 11 is 0. The van der Waals surface area contributed by atoms with Gasteiger partial charge in [-0.2, -0.15) is 0 Å². The molecule has 3 N–H and O–H groups in total. The van der Waals surface area contributed by atoms with Crippen LogP contribution in [-0.2, 0) is 16.1 Å². The number of amides is 2. The maximum atomic E-state index is 13.2. The zero-order valence-corrected chi connectivity index (χ0v) is 16.2. The second kappa shape index (κ2) is 10.2. The number of nitrogens with one attached hydrogen (secondary N) is 2. The Labute approximate surface area is 172 Å². The van der Waals surface area contributed by atoms with Crippen molar-refractivity contribution in [2.75, 3.05) is 6.61 Å². The topological polar surface area (TPSA) is 101 Å². The first-order valence-corrected chi connectivity index (χ1v) is 9.64. The van der Waals surface area contributed by atoms with Crippen molar-refractivity contribution in [1.29, 1.82) is 0 Å². The lowest BCUT2D eigenvalue weighted by Crippen LogP contribution is -2.51. The van der Waals surface area contributed by atoms with Gasteiger partial charge >= 0.3 is 0 Å². The number of pyridine rings is 1. The van der Waals surface area contributed by atoms with Gasteiger partial charge in [0, 0.05) is 18.8 Å². The average molecular weight is 419 g/mol. The van der Waals surface area contributed by atoms with Crippen LogP contribution in [0.1, 0.15) is 35.3 Å². The zero-order valence-electron chi connectivity index (χ0n) is 16.2. The van der Waals surface area contributed by atoms with E-state index in [0.29, 0.717) is 18.4 Å². The van der Waals surface area contributed by atoms with Gasteiger partial charge in [0.25, 0.3) is 5.91 Å². The van der Waals surface area contributed by atoms with E-state index in [1.165, 1.54) is 6.20 Å². The number of carbonyl (C=O) groups excluding carboxylic acids is 2. The highest BCUT2D eigenvalue weighted by Crippen LogP contribution is 2.22. The molecule has 1 saturated heterocycles. The molecule has 7 nitrogen and oxygen atoms in total. The van der Waals surface area contributed by atoms with Crippen LogP contribution in [0.25, 0.3) is 0 Å². The highest BCUT2D eigenvalue weighted by Gasteiger charge is 2.33. The molecule has 2 amide bonds. The molecule has 0 bridgehead atoms. The number of halogens is 2. The van der Waals surface area contributed by atoms with Crippen LogP contribution in [0.5, 0.6) is 0 Å². The van der Waals surface area contributed by atoms with Crippen molar-refractivity contribution in [3.8, 4) is 0 Å². The van der Waals surface area contributed by atoms with Crippen molar-refractivity contribution >= 4 is 11.8 Å². The highest BCUT2D eigenvalue weighted by atomic mass is 19.1. The molecule has 1 fully saturated rings. The summed E-state index contributed by atoms with van der Waals surface area (Å²) in [5.74, 6) is -2.11. The van der Waals surface area contributed by atoms with Crippen LogP contribution in [0.15, 0.2) is 42.6 Å². The molecule has 0 unspecified atom stereocenters. The maximum absolute atomic E-state index is 13.2. The molecule has 1 aliphatic heterocycles. The van der Waals surface area contributed by atoms with Gasteiger partial charge in [0.2, 0.25) is 5.91 Å². The molecule has 160 valence electrons. The Bertz CT molecular complexity index is 862. The summed E-state index contributed by atoms with van der Waals surface area (Å²) < 4.78 is 32.2. The molecule has 0 radical (unpaired) electrons. The van der Waals surface area contributed by atoms with Gasteiger partial charge in [-0.05, 0) is 42.7 Å². The number of aliphatic hydroxyl groups excluding tert-OH is 1. The average Bonchev–Trinajstić information content (AvgIpc) is 2.73. The van der Waals surface area contributed by atoms with Gasteiger partial charge in [-0.15, -0.1) is 0 Å². The van der Waals surface area contributed by atoms with E-state index in [2.05, 4.69) is 15.6 Å². The number of rotatable bonds is 7. The molecule has 1 aromatic carbocycles. The summed E-state index contributed by atoms with van der Waals surface area (Å²) in [6.45, 7) is -0.319. The Morgan fingerprint density at radius 3 is 2.60 bits per heavy atom. The molecular formula is C21H23F2N3O4. The third-order valence-corrected chi connectivity index (χ3v) is 4.83. The number of benzene rings is 1. The van der Waals surface area contributed by atoms with E-state index in [0.717, 1.165) is 18.2 Å². The van der Waals surface area contributed by atoms with Crippen molar-refractivity contribution < 1.29 is 28.2 Å². The van der Waals surface area contributed by atoms with Crippen LogP contribution in [0, 0.1) is 11.6 Å². The largest absolute Gasteiger partial charge is 0.394 e. The van der Waals surface area contributed by atoms with Crippen molar-refractivity contribution in [1.82, 2.24) is 15.6 Å². The van der Waals surface area contributed by atoms with Crippen LogP contribution in [0.2, 0.25) is 0 Å². The summed E-state index contributed by atoms with van der Waals surface area (Å²) in [6, 6.07) is 7.66. The SMILES string of the molecule is O=C(C[C@H]1CC[C@@H](NC(=O)c2ccccn2)[C@H](CO)O1)NCc1cc(F)cc(F)c1. The van der Waals surface area contributed by atoms with Crippen LogP contribution in [0.4, 0.5) is 8.78 Å². The summed E-state index contributed by atoms with van der Waals surface area (Å²) in [5, 5.41) is 15.1. The summed E-state index contributed by atoms with van der Waals surface area (Å²) in [7, 11) is 0. The Kier molecular flexibility index (Phi) is 7.42. The quantitative estimate of drug-likeness (QED) is 0.634. The third kappa shape index (κ3) is 6.04. The Morgan fingerprint density at radius 1 is 1.17 bits per heavy atom. The van der Waals surface area contributed by atoms with E-state index >= 15 is 0 Å². The number of nitrogens with zero attached hydrogens (tertiary/aromatic N) is 1. The minimum absolute atomic E-state index is 0.00752. The van der Waals surface area contributed by atoms with Crippen molar-refractivity contribution in [2.45, 2.75) is 44.1 Å². The maximum Gasteiger partial charge on any atom is 0.270 e. The van der Waals surface area contributed by atoms with E-state index in [4.69, 9.17) is 4.74 Å². The predicted molar refractivity (Wildman–Crippen MR) is 103 cm³/mol. The summed E-state index contributed by atoms with van der Waals surface area (Å²) in [6.07, 6.45) is 1.50. The second-order valence-corrected chi connectivity index (χ2v) is 7.11. The molecule has 2 heterocycles. The van der Waals surface area contributed by atoms with Gasteiger partial charge in [0.1, 0.15) is 23.4 Å². The number of hydrogen-bond acceptors (Lipinski definition) is 5. The Hall–Kier alpha value is -2.91. The zero-order chi connectivity index (χ0) is 21.5. The second-order valence-electron chi connectivity index (χ2n) is 7.11. The number of aliphatic hydroxyl groups is 1. The first-order valence-electron chi connectivity index (χ1n) is 9.64. The molecule has 30 heavy (non-hydrogen) atoms. The van der Waals surface area contributed by atoms with Gasteiger partial charge in [-0.3, -0.25) is 14.6 Å². The van der Waals surface area contributed by atoms with Crippen molar-refractivity contribution in [3.05, 3.63) is 65.5 Å². The number of hydrogen-bond donors (Lipinski definition) is 3. The minimum atomic E-state index is -0.709. The summed E-state index contributed by atoms with van der Waals surface area (Å²) in [5.41, 5.74) is 0.584. The normalized spacial score (nSPS) is 21.1. The third-order valence-electron chi connectivity index (χ3n) is 4.83. The Balaban J connectivity index is 1.48. The lowest BCUT2D eigenvalue weighted by atomic mass is 9.96. The molecule has 3 rings (SSSR count). The Morgan fingerprint density at radius 2 is 1.93 bits per heavy atom. The molecule has 2 aromatic rings. The standard InChI is InChI=1S/C21H23F2N3O4/c22-14-7-13(8-15(23)9-14)11-25-20(28)10-16-4-5-17(19(12-27)30-16)26-21(29)18-3-1-2-6-24-18/h1-3,6-9,16-17,19,27H,4-5,10-12H2,(H,25,28)(H,26,29)/t16-,17-,19+/m1/s1. The smallest absolute Gasteiger partial charge is 0.270 e. The van der Waals surface area contributed by atoms with Crippen molar-refractivity contribution in [3.63, 3.8) is 0 Å². The fourth-order valence-corrected chi connectivity index (χ4v) is 3.38. The van der Waals surface area contributed by atoms with Crippen LogP contribution >= 0.6 is 0 Å². The van der Waals surface area contributed by atoms with Gasteiger partial charge in [-0.25, -0.2) is 8.78 Å². The molecule has 0 spiro atoms.